The Morgan fingerprint density at radius 2 is 1.85 bits per heavy atom. The minimum atomic E-state index is -0.00432. The van der Waals surface area contributed by atoms with Crippen LogP contribution in [-0.2, 0) is 6.54 Å². The van der Waals surface area contributed by atoms with Gasteiger partial charge < -0.3 is 15.5 Å². The first kappa shape index (κ1) is 22.6. The van der Waals surface area contributed by atoms with E-state index in [-0.39, 0.29) is 11.9 Å². The molecule has 1 fully saturated rings. The van der Waals surface area contributed by atoms with Crippen molar-refractivity contribution in [2.24, 2.45) is 0 Å². The lowest BCUT2D eigenvalue weighted by atomic mass is 9.88. The number of carbonyl (C=O) groups excluding carboxylic acids is 1. The van der Waals surface area contributed by atoms with Gasteiger partial charge in [0.05, 0.1) is 6.04 Å². The molecule has 0 saturated carbocycles. The van der Waals surface area contributed by atoms with E-state index in [1.807, 2.05) is 24.6 Å². The number of aromatic nitrogens is 3. The minimum Gasteiger partial charge on any atom is -0.345 e. The van der Waals surface area contributed by atoms with Gasteiger partial charge in [-0.25, -0.2) is 4.68 Å². The number of amides is 1. The molecule has 1 atom stereocenters. The van der Waals surface area contributed by atoms with E-state index in [1.165, 1.54) is 24.0 Å². The Hall–Kier alpha value is -3.19. The highest BCUT2D eigenvalue weighted by atomic mass is 16.2. The lowest BCUT2D eigenvalue weighted by molar-refractivity contribution is 0.0958. The molecule has 1 saturated heterocycles. The molecule has 2 N–H and O–H groups in total. The van der Waals surface area contributed by atoms with Gasteiger partial charge in [0.2, 0.25) is 5.95 Å². The Balaban J connectivity index is 1.42. The van der Waals surface area contributed by atoms with E-state index in [4.69, 9.17) is 10.1 Å². The predicted octanol–water partition coefficient (Wildman–Crippen LogP) is 4.94. The second kappa shape index (κ2) is 8.87. The van der Waals surface area contributed by atoms with Crippen LogP contribution in [0.4, 0.5) is 11.6 Å². The summed E-state index contributed by atoms with van der Waals surface area (Å²) >= 11 is 0. The van der Waals surface area contributed by atoms with Crippen LogP contribution in [0.1, 0.15) is 71.3 Å². The zero-order chi connectivity index (χ0) is 24.0. The van der Waals surface area contributed by atoms with Crippen LogP contribution in [0, 0.1) is 13.8 Å². The number of piperidine rings is 1. The lowest BCUT2D eigenvalue weighted by Gasteiger charge is -2.29. The largest absolute Gasteiger partial charge is 0.345 e. The summed E-state index contributed by atoms with van der Waals surface area (Å²) in [5.41, 5.74) is 7.44. The van der Waals surface area contributed by atoms with Crippen LogP contribution in [0.25, 0.3) is 11.4 Å². The fourth-order valence-electron chi connectivity index (χ4n) is 5.19. The van der Waals surface area contributed by atoms with Crippen molar-refractivity contribution in [2.75, 3.05) is 25.5 Å². The zero-order valence-electron chi connectivity index (χ0n) is 20.8. The number of aryl methyl sites for hydroxylation is 3. The molecule has 2 aliphatic rings. The third-order valence-electron chi connectivity index (χ3n) is 7.35. The molecule has 3 heterocycles. The number of likely N-dealkylation sites (tertiary alicyclic amines) is 1. The Labute approximate surface area is 201 Å². The smallest absolute Gasteiger partial charge is 0.252 e. The SMILES string of the molecule is CCn1nc(-c2ccc(C3CCN(C)CC3)cc2C)nc1Nc1cc2c(cc1C)C(=O)NC2C. The number of hydrogen-bond acceptors (Lipinski definition) is 5. The number of anilines is 2. The van der Waals surface area contributed by atoms with Crippen molar-refractivity contribution in [1.82, 2.24) is 25.0 Å². The molecule has 34 heavy (non-hydrogen) atoms. The second-order valence-corrected chi connectivity index (χ2v) is 9.80. The maximum absolute atomic E-state index is 12.2. The van der Waals surface area contributed by atoms with E-state index >= 15 is 0 Å². The number of hydrogen-bond donors (Lipinski definition) is 2. The molecule has 0 spiro atoms. The first-order valence-electron chi connectivity index (χ1n) is 12.3. The van der Waals surface area contributed by atoms with E-state index in [1.54, 1.807) is 0 Å². The first-order valence-corrected chi connectivity index (χ1v) is 12.3. The average molecular weight is 459 g/mol. The summed E-state index contributed by atoms with van der Waals surface area (Å²) in [6.45, 7) is 11.3. The molecule has 7 nitrogen and oxygen atoms in total. The molecule has 2 aromatic carbocycles. The van der Waals surface area contributed by atoms with Gasteiger partial charge in [-0.3, -0.25) is 4.79 Å². The number of nitrogens with one attached hydrogen (secondary N) is 2. The maximum Gasteiger partial charge on any atom is 0.252 e. The van der Waals surface area contributed by atoms with Gasteiger partial charge >= 0.3 is 0 Å². The normalized spacial score (nSPS) is 18.7. The summed E-state index contributed by atoms with van der Waals surface area (Å²) in [7, 11) is 2.20. The third-order valence-corrected chi connectivity index (χ3v) is 7.35. The quantitative estimate of drug-likeness (QED) is 0.567. The van der Waals surface area contributed by atoms with Gasteiger partial charge in [-0.05, 0) is 101 Å². The number of carbonyl (C=O) groups is 1. The molecule has 5 rings (SSSR count). The Kier molecular flexibility index (Phi) is 5.90. The van der Waals surface area contributed by atoms with Crippen LogP contribution >= 0.6 is 0 Å². The van der Waals surface area contributed by atoms with E-state index in [0.717, 1.165) is 46.9 Å². The van der Waals surface area contributed by atoms with Gasteiger partial charge in [0, 0.05) is 23.4 Å². The van der Waals surface area contributed by atoms with Crippen LogP contribution in [0.3, 0.4) is 0 Å². The molecule has 1 aromatic heterocycles. The molecular weight excluding hydrogens is 424 g/mol. The molecule has 0 radical (unpaired) electrons. The molecule has 7 heteroatoms. The summed E-state index contributed by atoms with van der Waals surface area (Å²) in [6.07, 6.45) is 2.43. The van der Waals surface area contributed by atoms with Crippen LogP contribution in [0.2, 0.25) is 0 Å². The fourth-order valence-corrected chi connectivity index (χ4v) is 5.19. The first-order chi connectivity index (χ1) is 16.3. The van der Waals surface area contributed by atoms with Gasteiger partial charge in [-0.15, -0.1) is 5.10 Å². The van der Waals surface area contributed by atoms with Crippen molar-refractivity contribution in [1.29, 1.82) is 0 Å². The van der Waals surface area contributed by atoms with Crippen LogP contribution in [-0.4, -0.2) is 45.7 Å². The molecule has 1 amide bonds. The van der Waals surface area contributed by atoms with Gasteiger partial charge in [-0.2, -0.15) is 4.98 Å². The van der Waals surface area contributed by atoms with Gasteiger partial charge in [0.15, 0.2) is 5.82 Å². The van der Waals surface area contributed by atoms with Crippen molar-refractivity contribution in [3.63, 3.8) is 0 Å². The van der Waals surface area contributed by atoms with Crippen LogP contribution in [0.15, 0.2) is 30.3 Å². The highest BCUT2D eigenvalue weighted by Crippen LogP contribution is 2.33. The van der Waals surface area contributed by atoms with Crippen molar-refractivity contribution >= 4 is 17.5 Å². The Bertz CT molecular complexity index is 1240. The second-order valence-electron chi connectivity index (χ2n) is 9.80. The van der Waals surface area contributed by atoms with Crippen molar-refractivity contribution < 1.29 is 4.79 Å². The number of fused-ring (bicyclic) bond motifs is 1. The van der Waals surface area contributed by atoms with E-state index in [0.29, 0.717) is 18.4 Å². The predicted molar refractivity (Wildman–Crippen MR) is 136 cm³/mol. The summed E-state index contributed by atoms with van der Waals surface area (Å²) < 4.78 is 1.90. The monoisotopic (exact) mass is 458 g/mol. The zero-order valence-corrected chi connectivity index (χ0v) is 20.8. The molecule has 1 unspecified atom stereocenters. The van der Waals surface area contributed by atoms with Crippen LogP contribution in [0.5, 0.6) is 0 Å². The summed E-state index contributed by atoms with van der Waals surface area (Å²) in [6, 6.07) is 10.8. The van der Waals surface area contributed by atoms with Gasteiger partial charge in [-0.1, -0.05) is 18.2 Å². The highest BCUT2D eigenvalue weighted by Gasteiger charge is 2.27. The molecule has 3 aromatic rings. The minimum absolute atomic E-state index is 0.00432. The third kappa shape index (κ3) is 4.09. The molecule has 2 aliphatic heterocycles. The summed E-state index contributed by atoms with van der Waals surface area (Å²) in [4.78, 5) is 19.5. The number of benzene rings is 2. The van der Waals surface area contributed by atoms with E-state index < -0.39 is 0 Å². The lowest BCUT2D eigenvalue weighted by Crippen LogP contribution is -2.29. The van der Waals surface area contributed by atoms with Gasteiger partial charge in [0.25, 0.3) is 5.91 Å². The summed E-state index contributed by atoms with van der Waals surface area (Å²) in [5.74, 6) is 2.08. The van der Waals surface area contributed by atoms with Crippen LogP contribution < -0.4 is 10.6 Å². The van der Waals surface area contributed by atoms with Crippen molar-refractivity contribution in [2.45, 2.75) is 59.0 Å². The molecule has 0 bridgehead atoms. The topological polar surface area (TPSA) is 75.1 Å². The Morgan fingerprint density at radius 3 is 2.56 bits per heavy atom. The van der Waals surface area contributed by atoms with Crippen molar-refractivity contribution in [3.8, 4) is 11.4 Å². The fraction of sp³-hybridized carbons (Fsp3) is 0.444. The van der Waals surface area contributed by atoms with Crippen molar-refractivity contribution in [3.05, 3.63) is 58.1 Å². The number of rotatable bonds is 5. The highest BCUT2D eigenvalue weighted by molar-refractivity contribution is 6.00. The standard InChI is InChI=1S/C27H34N6O/c1-6-33-27(29-24-15-22-18(4)28-26(34)23(22)14-17(24)3)30-25(31-33)21-8-7-20(13-16(21)2)19-9-11-32(5)12-10-19/h7-8,13-15,18-19H,6,9-12H2,1-5H3,(H,28,34)(H,29,30,31). The van der Waals surface area contributed by atoms with E-state index in [2.05, 4.69) is 60.7 Å². The molecule has 0 aliphatic carbocycles. The number of nitrogens with zero attached hydrogens (tertiary/aromatic N) is 4. The van der Waals surface area contributed by atoms with E-state index in [9.17, 15) is 4.79 Å². The average Bonchev–Trinajstić information content (AvgIpc) is 3.34. The molecular formula is C27H34N6O. The maximum atomic E-state index is 12.2. The van der Waals surface area contributed by atoms with Gasteiger partial charge in [0.1, 0.15) is 0 Å². The molecule has 178 valence electrons. The summed E-state index contributed by atoms with van der Waals surface area (Å²) in [5, 5.41) is 11.3. The Morgan fingerprint density at radius 1 is 1.09 bits per heavy atom.